The van der Waals surface area contributed by atoms with Crippen molar-refractivity contribution in [2.45, 2.75) is 53.0 Å². The molecule has 1 heterocycles. The number of hydrogen-bond acceptors (Lipinski definition) is 3. The number of likely N-dealkylation sites (tertiary alicyclic amines) is 1. The SMILES string of the molecule is CCC1CC2C(=O)N(CC(N)C(C)(C)C)C(=O)C2C1. The minimum Gasteiger partial charge on any atom is -0.326 e. The Hall–Kier alpha value is -0.900. The van der Waals surface area contributed by atoms with Gasteiger partial charge in [-0.05, 0) is 24.2 Å². The predicted molar refractivity (Wildman–Crippen MR) is 74.1 cm³/mol. The Bertz CT molecular complexity index is 362. The highest BCUT2D eigenvalue weighted by Crippen LogP contribution is 2.44. The third-order valence-electron chi connectivity index (χ3n) is 4.90. The molecule has 0 bridgehead atoms. The van der Waals surface area contributed by atoms with Crippen LogP contribution in [0.25, 0.3) is 0 Å². The van der Waals surface area contributed by atoms with Gasteiger partial charge in [-0.1, -0.05) is 34.1 Å². The molecule has 0 aromatic heterocycles. The van der Waals surface area contributed by atoms with E-state index in [1.807, 2.05) is 20.8 Å². The van der Waals surface area contributed by atoms with E-state index in [9.17, 15) is 9.59 Å². The van der Waals surface area contributed by atoms with Crippen LogP contribution in [0.15, 0.2) is 0 Å². The normalized spacial score (nSPS) is 32.9. The summed E-state index contributed by atoms with van der Waals surface area (Å²) in [6.07, 6.45) is 2.83. The maximum absolute atomic E-state index is 12.4. The molecule has 2 fully saturated rings. The van der Waals surface area contributed by atoms with Crippen LogP contribution in [-0.4, -0.2) is 29.3 Å². The zero-order chi connectivity index (χ0) is 14.4. The van der Waals surface area contributed by atoms with E-state index in [1.54, 1.807) is 0 Å². The predicted octanol–water partition coefficient (Wildman–Crippen LogP) is 1.78. The molecule has 3 unspecified atom stereocenters. The van der Waals surface area contributed by atoms with Crippen molar-refractivity contribution in [1.82, 2.24) is 4.90 Å². The van der Waals surface area contributed by atoms with Gasteiger partial charge in [0, 0.05) is 12.6 Å². The number of hydrogen-bond donors (Lipinski definition) is 1. The largest absolute Gasteiger partial charge is 0.326 e. The Labute approximate surface area is 115 Å². The molecule has 1 saturated carbocycles. The summed E-state index contributed by atoms with van der Waals surface area (Å²) in [5.41, 5.74) is 6.02. The Kier molecular flexibility index (Phi) is 3.74. The average molecular weight is 266 g/mol. The van der Waals surface area contributed by atoms with E-state index < -0.39 is 0 Å². The molecule has 3 atom stereocenters. The molecule has 1 aliphatic heterocycles. The first-order chi connectivity index (χ1) is 8.75. The zero-order valence-electron chi connectivity index (χ0n) is 12.5. The van der Waals surface area contributed by atoms with Gasteiger partial charge in [-0.3, -0.25) is 14.5 Å². The molecule has 1 aliphatic carbocycles. The van der Waals surface area contributed by atoms with Gasteiger partial charge in [0.1, 0.15) is 0 Å². The van der Waals surface area contributed by atoms with Gasteiger partial charge < -0.3 is 5.73 Å². The van der Waals surface area contributed by atoms with Crippen LogP contribution in [-0.2, 0) is 9.59 Å². The maximum Gasteiger partial charge on any atom is 0.233 e. The topological polar surface area (TPSA) is 63.4 Å². The third-order valence-corrected chi connectivity index (χ3v) is 4.90. The molecule has 19 heavy (non-hydrogen) atoms. The Morgan fingerprint density at radius 2 is 1.68 bits per heavy atom. The smallest absolute Gasteiger partial charge is 0.233 e. The van der Waals surface area contributed by atoms with E-state index in [-0.39, 0.29) is 35.1 Å². The molecule has 0 aromatic carbocycles. The molecule has 0 aromatic rings. The van der Waals surface area contributed by atoms with Gasteiger partial charge in [0.15, 0.2) is 0 Å². The molecule has 4 heteroatoms. The van der Waals surface area contributed by atoms with Crippen molar-refractivity contribution in [3.05, 3.63) is 0 Å². The monoisotopic (exact) mass is 266 g/mol. The number of fused-ring (bicyclic) bond motifs is 1. The summed E-state index contributed by atoms with van der Waals surface area (Å²) in [6, 6.07) is -0.166. The van der Waals surface area contributed by atoms with Gasteiger partial charge >= 0.3 is 0 Å². The first-order valence-corrected chi connectivity index (χ1v) is 7.36. The van der Waals surface area contributed by atoms with Crippen molar-refractivity contribution in [1.29, 1.82) is 0 Å². The van der Waals surface area contributed by atoms with Crippen LogP contribution in [0.1, 0.15) is 47.0 Å². The molecule has 0 radical (unpaired) electrons. The average Bonchev–Trinajstić information content (AvgIpc) is 2.83. The lowest BCUT2D eigenvalue weighted by Gasteiger charge is -2.30. The van der Waals surface area contributed by atoms with Crippen molar-refractivity contribution in [2.75, 3.05) is 6.54 Å². The lowest BCUT2D eigenvalue weighted by molar-refractivity contribution is -0.141. The Morgan fingerprint density at radius 3 is 2.05 bits per heavy atom. The summed E-state index contributed by atoms with van der Waals surface area (Å²) in [7, 11) is 0. The van der Waals surface area contributed by atoms with Crippen LogP contribution in [0, 0.1) is 23.2 Å². The van der Waals surface area contributed by atoms with E-state index in [0.29, 0.717) is 12.5 Å². The highest BCUT2D eigenvalue weighted by molar-refractivity contribution is 6.05. The van der Waals surface area contributed by atoms with Gasteiger partial charge in [-0.2, -0.15) is 0 Å². The second kappa shape index (κ2) is 4.89. The fourth-order valence-corrected chi connectivity index (χ4v) is 3.18. The number of nitrogens with zero attached hydrogens (tertiary/aromatic N) is 1. The molecule has 0 spiro atoms. The minimum absolute atomic E-state index is 0.0191. The van der Waals surface area contributed by atoms with E-state index in [4.69, 9.17) is 5.73 Å². The molecule has 2 aliphatic rings. The summed E-state index contributed by atoms with van der Waals surface area (Å²) in [6.45, 7) is 8.61. The highest BCUT2D eigenvalue weighted by Gasteiger charge is 2.52. The summed E-state index contributed by atoms with van der Waals surface area (Å²) in [4.78, 5) is 26.2. The van der Waals surface area contributed by atoms with Crippen LogP contribution in [0.2, 0.25) is 0 Å². The molecule has 4 nitrogen and oxygen atoms in total. The number of nitrogens with two attached hydrogens (primary N) is 1. The fourth-order valence-electron chi connectivity index (χ4n) is 3.18. The highest BCUT2D eigenvalue weighted by atomic mass is 16.2. The van der Waals surface area contributed by atoms with Crippen LogP contribution in [0.4, 0.5) is 0 Å². The van der Waals surface area contributed by atoms with Crippen molar-refractivity contribution >= 4 is 11.8 Å². The molecular formula is C15H26N2O2. The number of amides is 2. The van der Waals surface area contributed by atoms with E-state index in [1.165, 1.54) is 4.90 Å². The minimum atomic E-state index is -0.166. The van der Waals surface area contributed by atoms with Crippen molar-refractivity contribution < 1.29 is 9.59 Å². The lowest BCUT2D eigenvalue weighted by atomic mass is 9.87. The van der Waals surface area contributed by atoms with Crippen LogP contribution in [0.3, 0.4) is 0 Å². The van der Waals surface area contributed by atoms with Crippen LogP contribution in [0.5, 0.6) is 0 Å². The van der Waals surface area contributed by atoms with Gasteiger partial charge in [0.2, 0.25) is 11.8 Å². The molecule has 1 saturated heterocycles. The summed E-state index contributed by atoms with van der Waals surface area (Å²) >= 11 is 0. The number of imide groups is 1. The first-order valence-electron chi connectivity index (χ1n) is 7.36. The van der Waals surface area contributed by atoms with Crippen LogP contribution >= 0.6 is 0 Å². The van der Waals surface area contributed by atoms with Gasteiger partial charge in [0.05, 0.1) is 11.8 Å². The molecule has 108 valence electrons. The maximum atomic E-state index is 12.4. The third kappa shape index (κ3) is 2.55. The Balaban J connectivity index is 2.07. The second-order valence-electron chi connectivity index (χ2n) is 7.22. The fraction of sp³-hybridized carbons (Fsp3) is 0.867. The number of carbonyl (C=O) groups excluding carboxylic acids is 2. The standard InChI is InChI=1S/C15H26N2O2/c1-5-9-6-10-11(7-9)14(19)17(13(10)18)8-12(16)15(2,3)4/h9-12H,5-8,16H2,1-4H3. The van der Waals surface area contributed by atoms with E-state index >= 15 is 0 Å². The molecular weight excluding hydrogens is 240 g/mol. The second-order valence-corrected chi connectivity index (χ2v) is 7.22. The molecule has 2 rings (SSSR count). The quantitative estimate of drug-likeness (QED) is 0.792. The van der Waals surface area contributed by atoms with Crippen molar-refractivity contribution in [3.63, 3.8) is 0 Å². The lowest BCUT2D eigenvalue weighted by Crippen LogP contribution is -2.47. The van der Waals surface area contributed by atoms with Gasteiger partial charge in [0.25, 0.3) is 0 Å². The first kappa shape index (κ1) is 14.5. The summed E-state index contributed by atoms with van der Waals surface area (Å²) in [5, 5.41) is 0. The zero-order valence-corrected chi connectivity index (χ0v) is 12.5. The molecule has 2 N–H and O–H groups in total. The van der Waals surface area contributed by atoms with Gasteiger partial charge in [-0.25, -0.2) is 0 Å². The van der Waals surface area contributed by atoms with Crippen molar-refractivity contribution in [2.24, 2.45) is 28.9 Å². The summed E-state index contributed by atoms with van der Waals surface area (Å²) < 4.78 is 0. The van der Waals surface area contributed by atoms with E-state index in [2.05, 4.69) is 6.92 Å². The number of carbonyl (C=O) groups is 2. The van der Waals surface area contributed by atoms with Gasteiger partial charge in [-0.15, -0.1) is 0 Å². The van der Waals surface area contributed by atoms with Crippen molar-refractivity contribution in [3.8, 4) is 0 Å². The number of rotatable bonds is 3. The van der Waals surface area contributed by atoms with E-state index in [0.717, 1.165) is 19.3 Å². The molecule has 2 amide bonds. The van der Waals surface area contributed by atoms with Crippen LogP contribution < -0.4 is 5.73 Å². The Morgan fingerprint density at radius 1 is 1.21 bits per heavy atom. The summed E-state index contributed by atoms with van der Waals surface area (Å²) in [5.74, 6) is 0.451.